The molecule has 1 fully saturated rings. The highest BCUT2D eigenvalue weighted by molar-refractivity contribution is 7.09. The van der Waals surface area contributed by atoms with Crippen molar-refractivity contribution in [3.8, 4) is 0 Å². The second kappa shape index (κ2) is 24.9. The molecule has 1 aliphatic rings. The van der Waals surface area contributed by atoms with Gasteiger partial charge in [0, 0.05) is 39.4 Å². The number of nitrogens with zero attached hydrogens (tertiary/aromatic N) is 5. The van der Waals surface area contributed by atoms with Crippen LogP contribution in [0, 0.1) is 23.7 Å². The molecular formula is C46H77N7O6S. The summed E-state index contributed by atoms with van der Waals surface area (Å²) in [5.74, 6) is -1.36. The Balaban J connectivity index is 1.78. The molecule has 60 heavy (non-hydrogen) atoms. The number of ether oxygens (including phenoxy) is 2. The van der Waals surface area contributed by atoms with E-state index < -0.39 is 36.3 Å². The van der Waals surface area contributed by atoms with E-state index in [4.69, 9.17) is 9.47 Å². The van der Waals surface area contributed by atoms with E-state index in [-0.39, 0.29) is 59.9 Å². The van der Waals surface area contributed by atoms with Crippen LogP contribution in [0.1, 0.15) is 97.2 Å². The Morgan fingerprint density at radius 3 is 2.15 bits per heavy atom. The zero-order valence-electron chi connectivity index (χ0n) is 38.9. The number of likely N-dealkylation sites (tertiary alicyclic amines) is 1. The molecule has 9 atom stereocenters. The van der Waals surface area contributed by atoms with E-state index in [0.717, 1.165) is 42.9 Å². The van der Waals surface area contributed by atoms with Crippen LogP contribution in [-0.2, 0) is 35.1 Å². The fraction of sp³-hybridized carbons (Fsp3) is 0.717. The van der Waals surface area contributed by atoms with Gasteiger partial charge in [0.15, 0.2) is 0 Å². The van der Waals surface area contributed by atoms with E-state index in [1.54, 1.807) is 32.4 Å². The normalized spacial score (nSPS) is 18.6. The minimum Gasteiger partial charge on any atom is -0.379 e. The maximum Gasteiger partial charge on any atom is 0.245 e. The molecular weight excluding hydrogens is 779 g/mol. The highest BCUT2D eigenvalue weighted by atomic mass is 32.1. The monoisotopic (exact) mass is 856 g/mol. The van der Waals surface area contributed by atoms with Crippen molar-refractivity contribution < 1.29 is 28.7 Å². The van der Waals surface area contributed by atoms with Gasteiger partial charge >= 0.3 is 0 Å². The lowest BCUT2D eigenvalue weighted by atomic mass is 9.89. The van der Waals surface area contributed by atoms with Crippen molar-refractivity contribution in [2.75, 3.05) is 62.0 Å². The van der Waals surface area contributed by atoms with Crippen LogP contribution in [0.25, 0.3) is 0 Å². The fourth-order valence-electron chi connectivity index (χ4n) is 8.82. The number of thiazole rings is 1. The third kappa shape index (κ3) is 14.1. The number of aromatic nitrogens is 1. The molecule has 1 saturated heterocycles. The largest absolute Gasteiger partial charge is 0.379 e. The van der Waals surface area contributed by atoms with Gasteiger partial charge in [-0.1, -0.05) is 85.2 Å². The number of nitrogens with one attached hydrogen (secondary N) is 2. The van der Waals surface area contributed by atoms with Crippen LogP contribution < -0.4 is 10.6 Å². The molecule has 2 N–H and O–H groups in total. The van der Waals surface area contributed by atoms with Gasteiger partial charge in [0.25, 0.3) is 0 Å². The quantitative estimate of drug-likeness (QED) is 0.133. The van der Waals surface area contributed by atoms with Crippen LogP contribution in [0.5, 0.6) is 0 Å². The molecule has 1 aromatic heterocycles. The van der Waals surface area contributed by atoms with E-state index in [1.807, 2.05) is 96.4 Å². The molecule has 1 aliphatic heterocycles. The molecule has 13 nitrogen and oxygen atoms in total. The summed E-state index contributed by atoms with van der Waals surface area (Å²) in [6.07, 6.45) is 4.39. The lowest BCUT2D eigenvalue weighted by Crippen LogP contribution is -2.60. The molecule has 2 aromatic rings. The first-order chi connectivity index (χ1) is 28.5. The fourth-order valence-corrected chi connectivity index (χ4v) is 9.51. The third-order valence-corrected chi connectivity index (χ3v) is 13.2. The number of likely N-dealkylation sites (N-methyl/N-ethyl adjacent to an activating group) is 2. The summed E-state index contributed by atoms with van der Waals surface area (Å²) < 4.78 is 12.2. The van der Waals surface area contributed by atoms with Crippen LogP contribution in [0.4, 0.5) is 0 Å². The number of hydrogen-bond acceptors (Lipinski definition) is 10. The third-order valence-electron chi connectivity index (χ3n) is 12.3. The molecule has 2 heterocycles. The van der Waals surface area contributed by atoms with Gasteiger partial charge in [-0.15, -0.1) is 11.3 Å². The van der Waals surface area contributed by atoms with Gasteiger partial charge in [-0.05, 0) is 83.2 Å². The van der Waals surface area contributed by atoms with E-state index in [1.165, 1.54) is 11.3 Å². The predicted molar refractivity (Wildman–Crippen MR) is 240 cm³/mol. The van der Waals surface area contributed by atoms with Gasteiger partial charge in [0.05, 0.1) is 48.7 Å². The molecule has 0 spiro atoms. The van der Waals surface area contributed by atoms with E-state index in [2.05, 4.69) is 39.3 Å². The summed E-state index contributed by atoms with van der Waals surface area (Å²) in [6, 6.07) is 7.81. The maximum absolute atomic E-state index is 14.5. The van der Waals surface area contributed by atoms with Crippen molar-refractivity contribution in [1.82, 2.24) is 35.2 Å². The van der Waals surface area contributed by atoms with Crippen molar-refractivity contribution in [3.05, 3.63) is 52.5 Å². The molecule has 0 aliphatic carbocycles. The lowest BCUT2D eigenvalue weighted by Gasteiger charge is -2.41. The Morgan fingerprint density at radius 1 is 0.917 bits per heavy atom. The summed E-state index contributed by atoms with van der Waals surface area (Å²) in [6.45, 7) is 16.2. The Bertz CT molecular complexity index is 1590. The highest BCUT2D eigenvalue weighted by Gasteiger charge is 2.43. The zero-order chi connectivity index (χ0) is 44.7. The van der Waals surface area contributed by atoms with Gasteiger partial charge in [-0.3, -0.25) is 24.1 Å². The van der Waals surface area contributed by atoms with Gasteiger partial charge < -0.3 is 34.8 Å². The topological polar surface area (TPSA) is 137 Å². The first-order valence-electron chi connectivity index (χ1n) is 22.0. The second-order valence-corrected chi connectivity index (χ2v) is 18.7. The molecule has 0 radical (unpaired) electrons. The summed E-state index contributed by atoms with van der Waals surface area (Å²) in [7, 11) is 11.0. The minimum atomic E-state index is -0.764. The number of carbonyl (C=O) groups excluding carboxylic acids is 4. The Morgan fingerprint density at radius 2 is 1.60 bits per heavy atom. The molecule has 0 bridgehead atoms. The first-order valence-corrected chi connectivity index (χ1v) is 22.9. The molecule has 14 heteroatoms. The molecule has 0 saturated carbocycles. The summed E-state index contributed by atoms with van der Waals surface area (Å²) in [4.78, 5) is 69.1. The number of rotatable bonds is 25. The number of methoxy groups -OCH3 is 2. The van der Waals surface area contributed by atoms with Crippen molar-refractivity contribution in [1.29, 1.82) is 0 Å². The van der Waals surface area contributed by atoms with Crippen molar-refractivity contribution >= 4 is 35.0 Å². The smallest absolute Gasteiger partial charge is 0.245 e. The van der Waals surface area contributed by atoms with Gasteiger partial charge in [0.1, 0.15) is 11.0 Å². The van der Waals surface area contributed by atoms with Crippen molar-refractivity contribution in [2.24, 2.45) is 23.7 Å². The minimum absolute atomic E-state index is 0.0158. The van der Waals surface area contributed by atoms with E-state index >= 15 is 0 Å². The highest BCUT2D eigenvalue weighted by Crippen LogP contribution is 2.30. The number of amides is 4. The van der Waals surface area contributed by atoms with Crippen LogP contribution in [0.3, 0.4) is 0 Å². The number of benzene rings is 1. The molecule has 3 rings (SSSR count). The lowest BCUT2D eigenvalue weighted by molar-refractivity contribution is -0.148. The number of hydrogen-bond donors (Lipinski definition) is 2. The van der Waals surface area contributed by atoms with Crippen LogP contribution in [-0.4, -0.2) is 147 Å². The SMILES string of the molecule is CC[C@H](C)[C@@H]([C@@H](CC(=O)N1CCC[C@H]1[C@H](OC)[C@@H](C)C(=O)N[C@@H](Cc1ccccc1)c1nccs1)OC)N(C)C(=O)[C@@H](NC(=O)[C@H](C(C)C)N(C)CCCN(C)C)C(C)C. The van der Waals surface area contributed by atoms with Crippen LogP contribution >= 0.6 is 11.3 Å². The Kier molecular flexibility index (Phi) is 21.1. The van der Waals surface area contributed by atoms with Crippen LogP contribution in [0.15, 0.2) is 41.9 Å². The second-order valence-electron chi connectivity index (χ2n) is 17.8. The van der Waals surface area contributed by atoms with Gasteiger partial charge in [-0.25, -0.2) is 4.98 Å². The van der Waals surface area contributed by atoms with Crippen molar-refractivity contribution in [3.63, 3.8) is 0 Å². The molecule has 0 unspecified atom stereocenters. The molecule has 4 amide bonds. The summed E-state index contributed by atoms with van der Waals surface area (Å²) >= 11 is 1.51. The van der Waals surface area contributed by atoms with Crippen molar-refractivity contribution in [2.45, 2.75) is 129 Å². The summed E-state index contributed by atoms with van der Waals surface area (Å²) in [5.41, 5.74) is 1.09. The first kappa shape index (κ1) is 50.9. The standard InChI is InChI=1S/C46H77N7O6S/c1-14-32(6)41(52(11)46(57)39(30(2)3)49-44(56)40(31(4)5)51(10)25-19-24-50(8)9)37(58-12)29-38(54)53-26-18-22-36(53)42(59-13)33(7)43(55)48-35(45-47-23-27-60-45)28-34-20-16-15-17-21-34/h15-17,20-21,23,27,30-33,35-37,39-42H,14,18-19,22,24-26,28-29H2,1-13H3,(H,48,55)(H,49,56)/t32-,33+,35-,36-,37+,39-,40-,41-,42+/m0/s1. The average Bonchev–Trinajstić information content (AvgIpc) is 3.93. The molecule has 338 valence electrons. The molecule has 1 aromatic carbocycles. The maximum atomic E-state index is 14.5. The number of carbonyl (C=O) groups is 4. The zero-order valence-corrected chi connectivity index (χ0v) is 39.7. The van der Waals surface area contributed by atoms with Gasteiger partial charge in [0.2, 0.25) is 23.6 Å². The van der Waals surface area contributed by atoms with Crippen LogP contribution in [0.2, 0.25) is 0 Å². The Labute approximate surface area is 365 Å². The Hall–Kier alpha value is -3.43. The average molecular weight is 856 g/mol. The van der Waals surface area contributed by atoms with E-state index in [0.29, 0.717) is 19.4 Å². The van der Waals surface area contributed by atoms with E-state index in [9.17, 15) is 19.2 Å². The summed E-state index contributed by atoms with van der Waals surface area (Å²) in [5, 5.41) is 9.12. The van der Waals surface area contributed by atoms with Gasteiger partial charge in [-0.2, -0.15) is 0 Å². The predicted octanol–water partition coefficient (Wildman–Crippen LogP) is 5.51.